The molecule has 0 bridgehead atoms. The van der Waals surface area contributed by atoms with Gasteiger partial charge in [0.05, 0.1) is 0 Å². The van der Waals surface area contributed by atoms with Gasteiger partial charge in [-0.15, -0.1) is 0 Å². The Morgan fingerprint density at radius 3 is 2.45 bits per heavy atom. The maximum absolute atomic E-state index is 13.0. The molecule has 160 valence electrons. The van der Waals surface area contributed by atoms with E-state index < -0.39 is 10.2 Å². The van der Waals surface area contributed by atoms with E-state index in [9.17, 15) is 13.2 Å². The molecular weight excluding hydrogens is 386 g/mol. The lowest BCUT2D eigenvalue weighted by atomic mass is 9.96. The number of aryl methyl sites for hydroxylation is 1. The first-order chi connectivity index (χ1) is 14.0. The number of benzene rings is 1. The summed E-state index contributed by atoms with van der Waals surface area (Å²) in [7, 11) is -1.72. The van der Waals surface area contributed by atoms with Crippen molar-refractivity contribution in [1.82, 2.24) is 13.5 Å². The Hall–Kier alpha value is -1.44. The number of hydrogen-bond acceptors (Lipinski definition) is 3. The van der Waals surface area contributed by atoms with E-state index in [2.05, 4.69) is 18.2 Å². The van der Waals surface area contributed by atoms with Gasteiger partial charge in [-0.25, -0.2) is 0 Å². The standard InChI is InChI=1S/C22H33N3O3S/c1-23(20-8-3-2-4-9-20)29(27,28)25-15-13-24(14-16-25)22(26)17-19-12-11-18-7-5-6-10-21(18)19/h5-7,10,19-20H,2-4,8-9,11-17H2,1H3. The van der Waals surface area contributed by atoms with Crippen LogP contribution in [0.15, 0.2) is 24.3 Å². The van der Waals surface area contributed by atoms with Crippen molar-refractivity contribution >= 4 is 16.1 Å². The third-order valence-electron chi connectivity index (χ3n) is 7.05. The van der Waals surface area contributed by atoms with Crippen molar-refractivity contribution in [3.8, 4) is 0 Å². The van der Waals surface area contributed by atoms with Crippen LogP contribution < -0.4 is 0 Å². The summed E-state index contributed by atoms with van der Waals surface area (Å²) in [6.07, 6.45) is 7.95. The summed E-state index contributed by atoms with van der Waals surface area (Å²) in [6.45, 7) is 1.77. The van der Waals surface area contributed by atoms with Crippen molar-refractivity contribution in [3.05, 3.63) is 35.4 Å². The lowest BCUT2D eigenvalue weighted by Crippen LogP contribution is -2.55. The molecule has 1 aromatic carbocycles. The van der Waals surface area contributed by atoms with Crippen molar-refractivity contribution in [2.45, 2.75) is 63.3 Å². The molecule has 1 heterocycles. The third-order valence-corrected chi connectivity index (χ3v) is 9.09. The van der Waals surface area contributed by atoms with Gasteiger partial charge in [-0.1, -0.05) is 43.5 Å². The average molecular weight is 420 g/mol. The Kier molecular flexibility index (Phi) is 6.27. The quantitative estimate of drug-likeness (QED) is 0.737. The summed E-state index contributed by atoms with van der Waals surface area (Å²) in [4.78, 5) is 14.7. The molecule has 1 amide bonds. The van der Waals surface area contributed by atoms with Gasteiger partial charge in [-0.05, 0) is 42.7 Å². The van der Waals surface area contributed by atoms with Gasteiger partial charge in [0.25, 0.3) is 10.2 Å². The fourth-order valence-electron chi connectivity index (χ4n) is 5.18. The fraction of sp³-hybridized carbons (Fsp3) is 0.682. The smallest absolute Gasteiger partial charge is 0.282 e. The van der Waals surface area contributed by atoms with Gasteiger partial charge in [0.1, 0.15) is 0 Å². The van der Waals surface area contributed by atoms with Crippen LogP contribution in [0.1, 0.15) is 62.0 Å². The van der Waals surface area contributed by atoms with E-state index in [1.54, 1.807) is 15.7 Å². The van der Waals surface area contributed by atoms with E-state index in [1.165, 1.54) is 17.5 Å². The normalized spacial score (nSPS) is 24.1. The molecule has 0 aromatic heterocycles. The highest BCUT2D eigenvalue weighted by Gasteiger charge is 2.36. The molecule has 0 radical (unpaired) electrons. The molecule has 29 heavy (non-hydrogen) atoms. The van der Waals surface area contributed by atoms with Gasteiger partial charge in [-0.2, -0.15) is 17.0 Å². The largest absolute Gasteiger partial charge is 0.340 e. The maximum atomic E-state index is 13.0. The minimum absolute atomic E-state index is 0.121. The molecule has 7 heteroatoms. The number of nitrogens with zero attached hydrogens (tertiary/aromatic N) is 3. The number of carbonyl (C=O) groups is 1. The van der Waals surface area contributed by atoms with E-state index >= 15 is 0 Å². The lowest BCUT2D eigenvalue weighted by molar-refractivity contribution is -0.132. The van der Waals surface area contributed by atoms with Crippen LogP contribution in [0.2, 0.25) is 0 Å². The second-order valence-electron chi connectivity index (χ2n) is 8.73. The van der Waals surface area contributed by atoms with E-state index in [1.807, 2.05) is 11.0 Å². The van der Waals surface area contributed by atoms with Crippen LogP contribution in [0.25, 0.3) is 0 Å². The second-order valence-corrected chi connectivity index (χ2v) is 10.7. The molecule has 0 spiro atoms. The highest BCUT2D eigenvalue weighted by Crippen LogP contribution is 2.35. The van der Waals surface area contributed by atoms with Crippen LogP contribution >= 0.6 is 0 Å². The van der Waals surface area contributed by atoms with Gasteiger partial charge in [0.2, 0.25) is 5.91 Å². The van der Waals surface area contributed by atoms with Gasteiger partial charge in [-0.3, -0.25) is 4.79 Å². The summed E-state index contributed by atoms with van der Waals surface area (Å²) in [5, 5.41) is 0. The Labute approximate surface area is 175 Å². The molecule has 2 aliphatic carbocycles. The van der Waals surface area contributed by atoms with Crippen LogP contribution in [-0.4, -0.2) is 67.1 Å². The summed E-state index contributed by atoms with van der Waals surface area (Å²) < 4.78 is 29.2. The molecule has 1 aliphatic heterocycles. The van der Waals surface area contributed by atoms with Crippen molar-refractivity contribution in [1.29, 1.82) is 0 Å². The average Bonchev–Trinajstić information content (AvgIpc) is 3.16. The van der Waals surface area contributed by atoms with E-state index in [0.717, 1.165) is 38.5 Å². The van der Waals surface area contributed by atoms with Gasteiger partial charge < -0.3 is 4.90 Å². The summed E-state index contributed by atoms with van der Waals surface area (Å²) >= 11 is 0. The number of carbonyl (C=O) groups excluding carboxylic acids is 1. The molecule has 4 rings (SSSR count). The van der Waals surface area contributed by atoms with Crippen molar-refractivity contribution in [2.75, 3.05) is 33.2 Å². The Morgan fingerprint density at radius 2 is 1.72 bits per heavy atom. The van der Waals surface area contributed by atoms with Crippen LogP contribution in [0.3, 0.4) is 0 Å². The third kappa shape index (κ3) is 4.37. The number of fused-ring (bicyclic) bond motifs is 1. The zero-order valence-electron chi connectivity index (χ0n) is 17.4. The molecule has 3 aliphatic rings. The van der Waals surface area contributed by atoms with Crippen molar-refractivity contribution in [3.63, 3.8) is 0 Å². The van der Waals surface area contributed by atoms with Crippen LogP contribution in [0, 0.1) is 0 Å². The minimum atomic E-state index is -3.44. The zero-order valence-corrected chi connectivity index (χ0v) is 18.2. The molecule has 1 unspecified atom stereocenters. The van der Waals surface area contributed by atoms with Crippen LogP contribution in [-0.2, 0) is 21.4 Å². The molecular formula is C22H33N3O3S. The highest BCUT2D eigenvalue weighted by atomic mass is 32.2. The number of hydrogen-bond donors (Lipinski definition) is 0. The van der Waals surface area contributed by atoms with Crippen LogP contribution in [0.4, 0.5) is 0 Å². The van der Waals surface area contributed by atoms with Crippen LogP contribution in [0.5, 0.6) is 0 Å². The number of rotatable bonds is 5. The summed E-state index contributed by atoms with van der Waals surface area (Å²) in [6, 6.07) is 8.54. The lowest BCUT2D eigenvalue weighted by Gasteiger charge is -2.39. The summed E-state index contributed by atoms with van der Waals surface area (Å²) in [5.74, 6) is 0.460. The Balaban J connectivity index is 1.31. The molecule has 1 atom stereocenters. The molecule has 0 N–H and O–H groups in total. The number of piperazine rings is 1. The first-order valence-electron chi connectivity index (χ1n) is 11.1. The van der Waals surface area contributed by atoms with Crippen molar-refractivity contribution in [2.24, 2.45) is 0 Å². The molecule has 6 nitrogen and oxygen atoms in total. The molecule has 1 saturated carbocycles. The fourth-order valence-corrected chi connectivity index (χ4v) is 6.76. The predicted octanol–water partition coefficient (Wildman–Crippen LogP) is 2.76. The van der Waals surface area contributed by atoms with E-state index in [-0.39, 0.29) is 11.9 Å². The highest BCUT2D eigenvalue weighted by molar-refractivity contribution is 7.86. The topological polar surface area (TPSA) is 60.9 Å². The SMILES string of the molecule is CN(C1CCCCC1)S(=O)(=O)N1CCN(C(=O)CC2CCc3ccccc32)CC1. The summed E-state index contributed by atoms with van der Waals surface area (Å²) in [5.41, 5.74) is 2.68. The monoisotopic (exact) mass is 419 g/mol. The zero-order chi connectivity index (χ0) is 20.4. The first-order valence-corrected chi connectivity index (χ1v) is 12.4. The maximum Gasteiger partial charge on any atom is 0.282 e. The van der Waals surface area contributed by atoms with Gasteiger partial charge in [0, 0.05) is 45.7 Å². The molecule has 1 saturated heterocycles. The number of amides is 1. The van der Waals surface area contributed by atoms with Gasteiger partial charge in [0.15, 0.2) is 0 Å². The first kappa shape index (κ1) is 20.8. The Bertz CT molecular complexity index is 827. The molecule has 1 aromatic rings. The Morgan fingerprint density at radius 1 is 1.03 bits per heavy atom. The van der Waals surface area contributed by atoms with Crippen molar-refractivity contribution < 1.29 is 13.2 Å². The minimum Gasteiger partial charge on any atom is -0.340 e. The van der Waals surface area contributed by atoms with Gasteiger partial charge >= 0.3 is 0 Å². The second kappa shape index (κ2) is 8.74. The van der Waals surface area contributed by atoms with E-state index in [0.29, 0.717) is 38.5 Å². The molecule has 2 fully saturated rings. The predicted molar refractivity (Wildman–Crippen MR) is 114 cm³/mol. The van der Waals surface area contributed by atoms with E-state index in [4.69, 9.17) is 0 Å².